The Morgan fingerprint density at radius 1 is 1.28 bits per heavy atom. The lowest BCUT2D eigenvalue weighted by Gasteiger charge is -2.19. The molecule has 128 valence electrons. The second-order valence-electron chi connectivity index (χ2n) is 5.32. The molecule has 7 nitrogen and oxygen atoms in total. The van der Waals surface area contributed by atoms with Crippen LogP contribution in [0.2, 0.25) is 0 Å². The lowest BCUT2D eigenvalue weighted by Crippen LogP contribution is -2.31. The van der Waals surface area contributed by atoms with Gasteiger partial charge in [-0.2, -0.15) is 0 Å². The van der Waals surface area contributed by atoms with E-state index in [4.69, 9.17) is 4.74 Å². The van der Waals surface area contributed by atoms with Crippen molar-refractivity contribution in [1.82, 2.24) is 25.1 Å². The van der Waals surface area contributed by atoms with Crippen LogP contribution in [0.15, 0.2) is 48.8 Å². The van der Waals surface area contributed by atoms with Crippen LogP contribution < -0.4 is 10.1 Å². The van der Waals surface area contributed by atoms with E-state index in [0.29, 0.717) is 17.3 Å². The van der Waals surface area contributed by atoms with Gasteiger partial charge in [-0.3, -0.25) is 4.79 Å². The molecule has 0 bridgehead atoms. The number of methoxy groups -OCH3 is 1. The Morgan fingerprint density at radius 2 is 2.12 bits per heavy atom. The maximum absolute atomic E-state index is 13.6. The Hall–Kier alpha value is -3.29. The number of nitrogens with zero attached hydrogens (tertiary/aromatic N) is 4. The Balaban J connectivity index is 1.92. The average molecular weight is 341 g/mol. The molecule has 8 heteroatoms. The number of hydrogen-bond acceptors (Lipinski definition) is 5. The monoisotopic (exact) mass is 341 g/mol. The smallest absolute Gasteiger partial charge is 0.272 e. The second-order valence-corrected chi connectivity index (χ2v) is 5.32. The van der Waals surface area contributed by atoms with E-state index in [1.54, 1.807) is 42.2 Å². The molecule has 0 spiro atoms. The molecule has 1 N–H and O–H groups in total. The summed E-state index contributed by atoms with van der Waals surface area (Å²) in [6, 6.07) is 8.42. The van der Waals surface area contributed by atoms with E-state index in [2.05, 4.69) is 20.5 Å². The predicted octanol–water partition coefficient (Wildman–Crippen LogP) is 1.88. The summed E-state index contributed by atoms with van der Waals surface area (Å²) in [5, 5.41) is 10.4. The molecular weight excluding hydrogens is 325 g/mol. The highest BCUT2D eigenvalue weighted by atomic mass is 19.1. The minimum atomic E-state index is -0.632. The zero-order valence-electron chi connectivity index (χ0n) is 13.7. The molecule has 1 unspecified atom stereocenters. The third kappa shape index (κ3) is 3.63. The van der Waals surface area contributed by atoms with Crippen molar-refractivity contribution in [2.75, 3.05) is 7.11 Å². The highest BCUT2D eigenvalue weighted by Crippen LogP contribution is 2.21. The molecule has 1 atom stereocenters. The molecule has 3 aromatic rings. The number of rotatable bonds is 5. The zero-order chi connectivity index (χ0) is 17.8. The Morgan fingerprint density at radius 3 is 2.72 bits per heavy atom. The molecule has 3 rings (SSSR count). The van der Waals surface area contributed by atoms with E-state index in [1.807, 2.05) is 0 Å². The number of carbonyl (C=O) groups excluding carboxylic acids is 1. The highest BCUT2D eigenvalue weighted by Gasteiger charge is 2.22. The number of benzene rings is 1. The standard InChI is InChI=1S/C17H16FN5O2/c1-23-9-8-19-16(23)15(11-4-3-5-12(18)10-11)20-17(24)13-6-7-14(25-2)22-21-13/h3-10,15H,1-2H3,(H,20,24). The molecule has 0 aliphatic heterocycles. The first-order valence-electron chi connectivity index (χ1n) is 7.49. The summed E-state index contributed by atoms with van der Waals surface area (Å²) in [7, 11) is 3.26. The Kier molecular flexibility index (Phi) is 4.69. The Bertz CT molecular complexity index is 879. The lowest BCUT2D eigenvalue weighted by molar-refractivity contribution is 0.0934. The summed E-state index contributed by atoms with van der Waals surface area (Å²) in [6.07, 6.45) is 3.36. The molecule has 2 aromatic heterocycles. The van der Waals surface area contributed by atoms with Crippen molar-refractivity contribution in [3.05, 3.63) is 71.7 Å². The van der Waals surface area contributed by atoms with Crippen LogP contribution in [-0.4, -0.2) is 32.8 Å². The molecule has 0 aliphatic carbocycles. The number of hydrogen-bond donors (Lipinski definition) is 1. The fourth-order valence-electron chi connectivity index (χ4n) is 2.39. The normalized spacial score (nSPS) is 11.8. The minimum absolute atomic E-state index is 0.122. The first-order valence-corrected chi connectivity index (χ1v) is 7.49. The number of halogens is 1. The van der Waals surface area contributed by atoms with Crippen LogP contribution >= 0.6 is 0 Å². The topological polar surface area (TPSA) is 81.9 Å². The van der Waals surface area contributed by atoms with Crippen LogP contribution in [0.1, 0.15) is 27.9 Å². The van der Waals surface area contributed by atoms with Gasteiger partial charge in [-0.1, -0.05) is 12.1 Å². The maximum atomic E-state index is 13.6. The van der Waals surface area contributed by atoms with Gasteiger partial charge in [0, 0.05) is 25.5 Å². The van der Waals surface area contributed by atoms with E-state index in [1.165, 1.54) is 25.3 Å². The number of imidazole rings is 1. The number of ether oxygens (including phenoxy) is 1. The average Bonchev–Trinajstić information content (AvgIpc) is 3.05. The van der Waals surface area contributed by atoms with Crippen molar-refractivity contribution in [2.24, 2.45) is 7.05 Å². The van der Waals surface area contributed by atoms with Gasteiger partial charge in [0.1, 0.15) is 17.7 Å². The van der Waals surface area contributed by atoms with E-state index in [-0.39, 0.29) is 5.69 Å². The van der Waals surface area contributed by atoms with Gasteiger partial charge in [-0.15, -0.1) is 10.2 Å². The van der Waals surface area contributed by atoms with Gasteiger partial charge in [0.05, 0.1) is 7.11 Å². The Labute approximate surface area is 143 Å². The fourth-order valence-corrected chi connectivity index (χ4v) is 2.39. The summed E-state index contributed by atoms with van der Waals surface area (Å²) in [5.41, 5.74) is 0.695. The van der Waals surface area contributed by atoms with Gasteiger partial charge in [-0.25, -0.2) is 9.37 Å². The molecule has 0 radical (unpaired) electrons. The van der Waals surface area contributed by atoms with Gasteiger partial charge in [-0.05, 0) is 23.8 Å². The zero-order valence-corrected chi connectivity index (χ0v) is 13.7. The van der Waals surface area contributed by atoms with Crippen molar-refractivity contribution < 1.29 is 13.9 Å². The number of aromatic nitrogens is 4. The fraction of sp³-hybridized carbons (Fsp3) is 0.176. The molecule has 0 saturated carbocycles. The number of amides is 1. The third-order valence-electron chi connectivity index (χ3n) is 3.66. The summed E-state index contributed by atoms with van der Waals surface area (Å²) in [4.78, 5) is 16.8. The van der Waals surface area contributed by atoms with E-state index >= 15 is 0 Å². The molecule has 0 saturated heterocycles. The van der Waals surface area contributed by atoms with Gasteiger partial charge < -0.3 is 14.6 Å². The van der Waals surface area contributed by atoms with Crippen LogP contribution in [-0.2, 0) is 7.05 Å². The van der Waals surface area contributed by atoms with Crippen LogP contribution in [0.3, 0.4) is 0 Å². The SMILES string of the molecule is COc1ccc(C(=O)NC(c2cccc(F)c2)c2nccn2C)nn1. The molecule has 1 amide bonds. The molecule has 2 heterocycles. The number of nitrogens with one attached hydrogen (secondary N) is 1. The third-order valence-corrected chi connectivity index (χ3v) is 3.66. The molecule has 0 fully saturated rings. The summed E-state index contributed by atoms with van der Waals surface area (Å²) >= 11 is 0. The number of carbonyl (C=O) groups is 1. The van der Waals surface area contributed by atoms with E-state index in [9.17, 15) is 9.18 Å². The van der Waals surface area contributed by atoms with Crippen LogP contribution in [0.25, 0.3) is 0 Å². The first kappa shape index (κ1) is 16.6. The van der Waals surface area contributed by atoms with Crippen LogP contribution in [0, 0.1) is 5.82 Å². The van der Waals surface area contributed by atoms with Crippen molar-refractivity contribution in [1.29, 1.82) is 0 Å². The quantitative estimate of drug-likeness (QED) is 0.766. The summed E-state index contributed by atoms with van der Waals surface area (Å²) < 4.78 is 20.3. The lowest BCUT2D eigenvalue weighted by atomic mass is 10.1. The molecule has 0 aliphatic rings. The van der Waals surface area contributed by atoms with Gasteiger partial charge >= 0.3 is 0 Å². The van der Waals surface area contributed by atoms with Crippen LogP contribution in [0.5, 0.6) is 5.88 Å². The van der Waals surface area contributed by atoms with Crippen molar-refractivity contribution in [3.63, 3.8) is 0 Å². The first-order chi connectivity index (χ1) is 12.1. The predicted molar refractivity (Wildman–Crippen MR) is 87.5 cm³/mol. The minimum Gasteiger partial charge on any atom is -0.480 e. The largest absolute Gasteiger partial charge is 0.480 e. The van der Waals surface area contributed by atoms with E-state index < -0.39 is 17.8 Å². The highest BCUT2D eigenvalue weighted by molar-refractivity contribution is 5.92. The van der Waals surface area contributed by atoms with Crippen molar-refractivity contribution in [2.45, 2.75) is 6.04 Å². The summed E-state index contributed by atoms with van der Waals surface area (Å²) in [6.45, 7) is 0. The second kappa shape index (κ2) is 7.08. The maximum Gasteiger partial charge on any atom is 0.272 e. The van der Waals surface area contributed by atoms with Crippen molar-refractivity contribution >= 4 is 5.91 Å². The van der Waals surface area contributed by atoms with Crippen LogP contribution in [0.4, 0.5) is 4.39 Å². The van der Waals surface area contributed by atoms with E-state index in [0.717, 1.165) is 0 Å². The molecule has 25 heavy (non-hydrogen) atoms. The van der Waals surface area contributed by atoms with Crippen molar-refractivity contribution in [3.8, 4) is 5.88 Å². The summed E-state index contributed by atoms with van der Waals surface area (Å²) in [5.74, 6) is 0.0327. The van der Waals surface area contributed by atoms with Gasteiger partial charge in [0.15, 0.2) is 5.69 Å². The molecule has 1 aromatic carbocycles. The van der Waals surface area contributed by atoms with Gasteiger partial charge in [0.25, 0.3) is 5.91 Å². The number of aryl methyl sites for hydroxylation is 1. The molecular formula is C17H16FN5O2. The van der Waals surface area contributed by atoms with Gasteiger partial charge in [0.2, 0.25) is 5.88 Å².